The molecule has 2 heteroatoms. The van der Waals surface area contributed by atoms with E-state index in [2.05, 4.69) is 64.1 Å². The van der Waals surface area contributed by atoms with Gasteiger partial charge >= 0.3 is 0 Å². The fourth-order valence-corrected chi connectivity index (χ4v) is 2.73. The Morgan fingerprint density at radius 1 is 0.955 bits per heavy atom. The van der Waals surface area contributed by atoms with Crippen molar-refractivity contribution < 1.29 is 4.74 Å². The number of nitrogens with two attached hydrogens (primary N) is 1. The summed E-state index contributed by atoms with van der Waals surface area (Å²) in [4.78, 5) is 0. The first-order chi connectivity index (χ1) is 10.5. The third kappa shape index (κ3) is 3.50. The Hall–Kier alpha value is -1.80. The summed E-state index contributed by atoms with van der Waals surface area (Å²) in [6.07, 6.45) is 0.903. The van der Waals surface area contributed by atoms with Crippen LogP contribution >= 0.6 is 0 Å². The summed E-state index contributed by atoms with van der Waals surface area (Å²) in [6, 6.07) is 14.7. The molecule has 2 aromatic carbocycles. The molecular weight excluding hydrogens is 270 g/mol. The standard InChI is InChI=1S/C20H27NO/c1-15-10-11-16(2)19(17(15)3)22-13-12-20(4,14-21)18-8-6-5-7-9-18/h5-11H,12-14,21H2,1-4H3. The molecule has 22 heavy (non-hydrogen) atoms. The molecule has 2 aromatic rings. The van der Waals surface area contributed by atoms with Crippen molar-refractivity contribution in [2.24, 2.45) is 5.73 Å². The third-order valence-electron chi connectivity index (χ3n) is 4.70. The van der Waals surface area contributed by atoms with Gasteiger partial charge in [0.2, 0.25) is 0 Å². The molecule has 2 N–H and O–H groups in total. The Morgan fingerprint density at radius 2 is 1.59 bits per heavy atom. The van der Waals surface area contributed by atoms with E-state index in [1.54, 1.807) is 0 Å². The summed E-state index contributed by atoms with van der Waals surface area (Å²) in [6.45, 7) is 9.84. The van der Waals surface area contributed by atoms with E-state index < -0.39 is 0 Å². The maximum absolute atomic E-state index is 6.11. The zero-order chi connectivity index (χ0) is 16.2. The fraction of sp³-hybridized carbons (Fsp3) is 0.400. The summed E-state index contributed by atoms with van der Waals surface area (Å²) in [7, 11) is 0. The molecule has 1 unspecified atom stereocenters. The summed E-state index contributed by atoms with van der Waals surface area (Å²) in [5, 5.41) is 0. The molecule has 0 saturated carbocycles. The van der Waals surface area contributed by atoms with Gasteiger partial charge in [0.15, 0.2) is 0 Å². The van der Waals surface area contributed by atoms with Crippen LogP contribution in [-0.2, 0) is 5.41 Å². The lowest BCUT2D eigenvalue weighted by atomic mass is 9.80. The first-order valence-electron chi connectivity index (χ1n) is 7.93. The lowest BCUT2D eigenvalue weighted by Gasteiger charge is -2.29. The van der Waals surface area contributed by atoms with Crippen molar-refractivity contribution >= 4 is 0 Å². The highest BCUT2D eigenvalue weighted by atomic mass is 16.5. The lowest BCUT2D eigenvalue weighted by molar-refractivity contribution is 0.264. The van der Waals surface area contributed by atoms with Gasteiger partial charge in [-0.05, 0) is 49.4 Å². The van der Waals surface area contributed by atoms with Gasteiger partial charge in [-0.25, -0.2) is 0 Å². The van der Waals surface area contributed by atoms with Crippen LogP contribution in [0, 0.1) is 20.8 Å². The van der Waals surface area contributed by atoms with Crippen molar-refractivity contribution in [1.82, 2.24) is 0 Å². The Balaban J connectivity index is 2.08. The second-order valence-electron chi connectivity index (χ2n) is 6.38. The molecule has 0 amide bonds. The molecule has 0 aliphatic carbocycles. The van der Waals surface area contributed by atoms with Crippen molar-refractivity contribution in [3.63, 3.8) is 0 Å². The summed E-state index contributed by atoms with van der Waals surface area (Å²) in [5.74, 6) is 1.02. The van der Waals surface area contributed by atoms with Gasteiger partial charge in [0.1, 0.15) is 5.75 Å². The molecular formula is C20H27NO. The molecule has 0 heterocycles. The minimum absolute atomic E-state index is 0.0487. The average molecular weight is 297 g/mol. The van der Waals surface area contributed by atoms with Crippen LogP contribution < -0.4 is 10.5 Å². The molecule has 2 nitrogen and oxygen atoms in total. The zero-order valence-corrected chi connectivity index (χ0v) is 14.1. The van der Waals surface area contributed by atoms with Gasteiger partial charge in [-0.3, -0.25) is 0 Å². The summed E-state index contributed by atoms with van der Waals surface area (Å²) < 4.78 is 6.11. The molecule has 1 atom stereocenters. The SMILES string of the molecule is Cc1ccc(C)c(OCCC(C)(CN)c2ccccc2)c1C. The number of aryl methyl sites for hydroxylation is 2. The molecule has 2 rings (SSSR count). The van der Waals surface area contributed by atoms with Crippen LogP contribution in [0.15, 0.2) is 42.5 Å². The third-order valence-corrected chi connectivity index (χ3v) is 4.70. The van der Waals surface area contributed by atoms with E-state index in [1.165, 1.54) is 22.3 Å². The van der Waals surface area contributed by atoms with Crippen molar-refractivity contribution in [3.8, 4) is 5.75 Å². The van der Waals surface area contributed by atoms with Crippen molar-refractivity contribution in [3.05, 3.63) is 64.7 Å². The molecule has 0 bridgehead atoms. The highest BCUT2D eigenvalue weighted by Crippen LogP contribution is 2.29. The van der Waals surface area contributed by atoms with E-state index in [4.69, 9.17) is 10.5 Å². The van der Waals surface area contributed by atoms with Crippen LogP contribution in [0.4, 0.5) is 0 Å². The van der Waals surface area contributed by atoms with Crippen molar-refractivity contribution in [2.75, 3.05) is 13.2 Å². The lowest BCUT2D eigenvalue weighted by Crippen LogP contribution is -2.33. The molecule has 118 valence electrons. The number of benzene rings is 2. The van der Waals surface area contributed by atoms with Gasteiger partial charge in [0, 0.05) is 12.0 Å². The van der Waals surface area contributed by atoms with Gasteiger partial charge in [-0.2, -0.15) is 0 Å². The Kier molecular flexibility index (Phi) is 5.25. The normalized spacial score (nSPS) is 13.7. The van der Waals surface area contributed by atoms with E-state index in [1.807, 2.05) is 6.07 Å². The number of ether oxygens (including phenoxy) is 1. The van der Waals surface area contributed by atoms with E-state index in [-0.39, 0.29) is 5.41 Å². The Labute approximate surface area is 134 Å². The highest BCUT2D eigenvalue weighted by Gasteiger charge is 2.25. The second kappa shape index (κ2) is 6.97. The smallest absolute Gasteiger partial charge is 0.125 e. The van der Waals surface area contributed by atoms with E-state index in [9.17, 15) is 0 Å². The predicted octanol–water partition coefficient (Wildman–Crippen LogP) is 4.30. The number of hydrogen-bond acceptors (Lipinski definition) is 2. The topological polar surface area (TPSA) is 35.2 Å². The molecule has 0 spiro atoms. The number of hydrogen-bond donors (Lipinski definition) is 1. The van der Waals surface area contributed by atoms with E-state index in [0.29, 0.717) is 13.2 Å². The zero-order valence-electron chi connectivity index (χ0n) is 14.1. The van der Waals surface area contributed by atoms with Crippen LogP contribution in [0.5, 0.6) is 5.75 Å². The Bertz CT molecular complexity index is 621. The highest BCUT2D eigenvalue weighted by molar-refractivity contribution is 5.44. The van der Waals surface area contributed by atoms with Crippen LogP contribution in [-0.4, -0.2) is 13.2 Å². The first kappa shape index (κ1) is 16.6. The van der Waals surface area contributed by atoms with Crippen molar-refractivity contribution in [1.29, 1.82) is 0 Å². The molecule has 0 aromatic heterocycles. The number of rotatable bonds is 6. The van der Waals surface area contributed by atoms with Gasteiger partial charge in [-0.15, -0.1) is 0 Å². The van der Waals surface area contributed by atoms with Crippen LogP contribution in [0.1, 0.15) is 35.6 Å². The minimum atomic E-state index is -0.0487. The predicted molar refractivity (Wildman–Crippen MR) is 93.6 cm³/mol. The molecule has 0 radical (unpaired) electrons. The monoisotopic (exact) mass is 297 g/mol. The van der Waals surface area contributed by atoms with E-state index in [0.717, 1.165) is 12.2 Å². The van der Waals surface area contributed by atoms with Crippen LogP contribution in [0.25, 0.3) is 0 Å². The van der Waals surface area contributed by atoms with Gasteiger partial charge in [0.05, 0.1) is 6.61 Å². The average Bonchev–Trinajstić information content (AvgIpc) is 2.55. The quantitative estimate of drug-likeness (QED) is 0.863. The maximum atomic E-state index is 6.11. The molecule has 0 aliphatic heterocycles. The van der Waals surface area contributed by atoms with Crippen molar-refractivity contribution in [2.45, 2.75) is 39.5 Å². The largest absolute Gasteiger partial charge is 0.493 e. The first-order valence-corrected chi connectivity index (χ1v) is 7.93. The fourth-order valence-electron chi connectivity index (χ4n) is 2.73. The molecule has 0 aliphatic rings. The summed E-state index contributed by atoms with van der Waals surface area (Å²) >= 11 is 0. The Morgan fingerprint density at radius 3 is 2.23 bits per heavy atom. The van der Waals surface area contributed by atoms with E-state index >= 15 is 0 Å². The summed E-state index contributed by atoms with van der Waals surface area (Å²) in [5.41, 5.74) is 11.0. The van der Waals surface area contributed by atoms with Crippen LogP contribution in [0.2, 0.25) is 0 Å². The maximum Gasteiger partial charge on any atom is 0.125 e. The second-order valence-corrected chi connectivity index (χ2v) is 6.38. The van der Waals surface area contributed by atoms with Gasteiger partial charge in [-0.1, -0.05) is 49.4 Å². The molecule has 0 saturated heterocycles. The van der Waals surface area contributed by atoms with Gasteiger partial charge < -0.3 is 10.5 Å². The minimum Gasteiger partial charge on any atom is -0.493 e. The van der Waals surface area contributed by atoms with Crippen LogP contribution in [0.3, 0.4) is 0 Å². The molecule has 0 fully saturated rings. The van der Waals surface area contributed by atoms with Gasteiger partial charge in [0.25, 0.3) is 0 Å².